The van der Waals surface area contributed by atoms with E-state index in [2.05, 4.69) is 19.8 Å². The van der Waals surface area contributed by atoms with Gasteiger partial charge in [-0.05, 0) is 37.1 Å². The van der Waals surface area contributed by atoms with Gasteiger partial charge in [-0.1, -0.05) is 24.4 Å². The minimum atomic E-state index is -3.92. The third-order valence-electron chi connectivity index (χ3n) is 4.53. The zero-order chi connectivity index (χ0) is 22.7. The normalized spacial score (nSPS) is 12.3. The Hall–Kier alpha value is -2.43. The number of hydrogen-bond acceptors (Lipinski definition) is 6. The quantitative estimate of drug-likeness (QED) is 0.342. The van der Waals surface area contributed by atoms with Crippen molar-refractivity contribution in [2.24, 2.45) is 0 Å². The number of esters is 1. The smallest absolute Gasteiger partial charge is 0.305 e. The summed E-state index contributed by atoms with van der Waals surface area (Å²) >= 11 is 5.83. The first-order valence-electron chi connectivity index (χ1n) is 9.90. The summed E-state index contributed by atoms with van der Waals surface area (Å²) in [4.78, 5) is 27.7. The first kappa shape index (κ1) is 24.8. The molecule has 2 rings (SSSR count). The van der Waals surface area contributed by atoms with Crippen molar-refractivity contribution in [1.82, 2.24) is 19.6 Å². The molecule has 9 nitrogen and oxygen atoms in total. The number of nitrogens with one attached hydrogen (secondary N) is 2. The van der Waals surface area contributed by atoms with Gasteiger partial charge in [-0.15, -0.1) is 0 Å². The van der Waals surface area contributed by atoms with Crippen LogP contribution in [0.5, 0.6) is 0 Å². The van der Waals surface area contributed by atoms with Gasteiger partial charge in [0.15, 0.2) is 0 Å². The van der Waals surface area contributed by atoms with Gasteiger partial charge in [-0.2, -0.15) is 4.72 Å². The minimum Gasteiger partial charge on any atom is -0.469 e. The number of aromatic nitrogens is 2. The van der Waals surface area contributed by atoms with Crippen LogP contribution < -0.4 is 10.0 Å². The Balaban J connectivity index is 1.91. The highest BCUT2D eigenvalue weighted by Gasteiger charge is 2.26. The number of halogens is 1. The van der Waals surface area contributed by atoms with Gasteiger partial charge in [0.2, 0.25) is 15.9 Å². The van der Waals surface area contributed by atoms with E-state index in [4.69, 9.17) is 11.6 Å². The third kappa shape index (κ3) is 8.68. The van der Waals surface area contributed by atoms with Crippen LogP contribution >= 0.6 is 11.6 Å². The lowest BCUT2D eigenvalue weighted by Gasteiger charge is -2.19. The van der Waals surface area contributed by atoms with Crippen molar-refractivity contribution in [2.75, 3.05) is 13.7 Å². The van der Waals surface area contributed by atoms with Crippen LogP contribution in [0.15, 0.2) is 47.9 Å². The predicted molar refractivity (Wildman–Crippen MR) is 116 cm³/mol. The van der Waals surface area contributed by atoms with Gasteiger partial charge in [0, 0.05) is 36.9 Å². The van der Waals surface area contributed by atoms with Crippen LogP contribution in [0.3, 0.4) is 0 Å². The molecule has 0 fully saturated rings. The number of sulfonamides is 1. The molecule has 0 radical (unpaired) electrons. The lowest BCUT2D eigenvalue weighted by molar-refractivity contribution is -0.140. The highest BCUT2D eigenvalue weighted by Crippen LogP contribution is 2.14. The second kappa shape index (κ2) is 12.4. The van der Waals surface area contributed by atoms with Crippen LogP contribution in [0.4, 0.5) is 0 Å². The summed E-state index contributed by atoms with van der Waals surface area (Å²) in [6.07, 6.45) is 8.21. The maximum atomic E-state index is 12.7. The SMILES string of the molecule is COC(=O)CCCCCCNC(=O)C(Cn1ccnc1)NS(=O)(=O)c1ccc(Cl)cc1. The Labute approximate surface area is 187 Å². The number of benzene rings is 1. The average Bonchev–Trinajstić information content (AvgIpc) is 3.25. The van der Waals surface area contributed by atoms with Crippen LogP contribution in [-0.2, 0) is 30.9 Å². The van der Waals surface area contributed by atoms with Gasteiger partial charge in [0.25, 0.3) is 0 Å². The zero-order valence-corrected chi connectivity index (χ0v) is 18.9. The molecule has 0 aliphatic carbocycles. The summed E-state index contributed by atoms with van der Waals surface area (Å²) in [5.74, 6) is -0.663. The van der Waals surface area contributed by atoms with E-state index < -0.39 is 22.0 Å². The topological polar surface area (TPSA) is 119 Å². The van der Waals surface area contributed by atoms with Gasteiger partial charge < -0.3 is 14.6 Å². The van der Waals surface area contributed by atoms with Crippen LogP contribution in [0.25, 0.3) is 0 Å². The maximum Gasteiger partial charge on any atom is 0.305 e. The summed E-state index contributed by atoms with van der Waals surface area (Å²) in [5, 5.41) is 3.19. The largest absolute Gasteiger partial charge is 0.469 e. The summed E-state index contributed by atoms with van der Waals surface area (Å²) < 4.78 is 34.1. The van der Waals surface area contributed by atoms with E-state index in [1.165, 1.54) is 37.7 Å². The third-order valence-corrected chi connectivity index (χ3v) is 6.26. The molecule has 11 heteroatoms. The van der Waals surface area contributed by atoms with Crippen molar-refractivity contribution >= 4 is 33.5 Å². The van der Waals surface area contributed by atoms with E-state index in [1.54, 1.807) is 17.0 Å². The molecule has 0 bridgehead atoms. The van der Waals surface area contributed by atoms with Crippen LogP contribution in [0.2, 0.25) is 5.02 Å². The number of carbonyl (C=O) groups excluding carboxylic acids is 2. The van der Waals surface area contributed by atoms with Gasteiger partial charge in [-0.25, -0.2) is 13.4 Å². The van der Waals surface area contributed by atoms with Crippen LogP contribution in [0.1, 0.15) is 32.1 Å². The second-order valence-corrected chi connectivity index (χ2v) is 9.07. The molecule has 2 aromatic rings. The van der Waals surface area contributed by atoms with Crippen molar-refractivity contribution in [3.8, 4) is 0 Å². The number of carbonyl (C=O) groups is 2. The lowest BCUT2D eigenvalue weighted by atomic mass is 10.1. The van der Waals surface area contributed by atoms with E-state index in [0.29, 0.717) is 24.4 Å². The molecular weight excluding hydrogens is 444 g/mol. The second-order valence-electron chi connectivity index (χ2n) is 6.92. The molecule has 2 N–H and O–H groups in total. The number of hydrogen-bond donors (Lipinski definition) is 2. The molecule has 1 amide bonds. The fraction of sp³-hybridized carbons (Fsp3) is 0.450. The molecule has 0 saturated heterocycles. The number of unbranched alkanes of at least 4 members (excludes halogenated alkanes) is 3. The van der Waals surface area contributed by atoms with E-state index in [-0.39, 0.29) is 17.4 Å². The number of nitrogens with zero attached hydrogens (tertiary/aromatic N) is 2. The van der Waals surface area contributed by atoms with Crippen LogP contribution in [-0.4, -0.2) is 49.5 Å². The number of rotatable bonds is 13. The van der Waals surface area contributed by atoms with Crippen molar-refractivity contribution in [3.05, 3.63) is 48.0 Å². The molecule has 1 aromatic heterocycles. The van der Waals surface area contributed by atoms with Crippen molar-refractivity contribution in [1.29, 1.82) is 0 Å². The molecule has 1 aromatic carbocycles. The molecule has 0 aliphatic heterocycles. The Bertz CT molecular complexity index is 933. The van der Waals surface area contributed by atoms with Gasteiger partial charge in [-0.3, -0.25) is 9.59 Å². The Kier molecular flexibility index (Phi) is 9.96. The fourth-order valence-corrected chi connectivity index (χ4v) is 4.15. The monoisotopic (exact) mass is 470 g/mol. The minimum absolute atomic E-state index is 0.0194. The maximum absolute atomic E-state index is 12.7. The molecule has 0 saturated carbocycles. The molecule has 0 spiro atoms. The zero-order valence-electron chi connectivity index (χ0n) is 17.3. The van der Waals surface area contributed by atoms with Gasteiger partial charge in [0.05, 0.1) is 18.3 Å². The predicted octanol–water partition coefficient (Wildman–Crippen LogP) is 2.12. The number of amides is 1. The number of imidazole rings is 1. The Morgan fingerprint density at radius 2 is 1.87 bits per heavy atom. The highest BCUT2D eigenvalue weighted by atomic mass is 35.5. The fourth-order valence-electron chi connectivity index (χ4n) is 2.83. The molecule has 0 aliphatic rings. The van der Waals surface area contributed by atoms with E-state index in [0.717, 1.165) is 19.3 Å². The van der Waals surface area contributed by atoms with Crippen molar-refractivity contribution in [2.45, 2.75) is 49.6 Å². The number of methoxy groups -OCH3 is 1. The Morgan fingerprint density at radius 3 is 2.52 bits per heavy atom. The van der Waals surface area contributed by atoms with Gasteiger partial charge in [0.1, 0.15) is 6.04 Å². The first-order chi connectivity index (χ1) is 14.8. The van der Waals surface area contributed by atoms with Crippen LogP contribution in [0, 0.1) is 0 Å². The molecule has 1 atom stereocenters. The summed E-state index contributed by atoms with van der Waals surface area (Å²) in [6, 6.07) is 4.69. The van der Waals surface area contributed by atoms with Crippen molar-refractivity contribution in [3.63, 3.8) is 0 Å². The molecule has 1 heterocycles. The van der Waals surface area contributed by atoms with E-state index >= 15 is 0 Å². The number of ether oxygens (including phenoxy) is 1. The Morgan fingerprint density at radius 1 is 1.16 bits per heavy atom. The highest BCUT2D eigenvalue weighted by molar-refractivity contribution is 7.89. The standard InChI is InChI=1S/C20H27ClN4O5S/c1-30-19(26)6-4-2-3-5-11-23-20(27)18(14-25-13-12-22-15-25)24-31(28,29)17-9-7-16(21)8-10-17/h7-10,12-13,15,18,24H,2-6,11,14H2,1H3,(H,23,27). The summed E-state index contributed by atoms with van der Waals surface area (Å²) in [6.45, 7) is 0.498. The molecule has 170 valence electrons. The first-order valence-corrected chi connectivity index (χ1v) is 11.8. The molecule has 1 unspecified atom stereocenters. The van der Waals surface area contributed by atoms with E-state index in [9.17, 15) is 18.0 Å². The molecular formula is C20H27ClN4O5S. The van der Waals surface area contributed by atoms with Crippen molar-refractivity contribution < 1.29 is 22.7 Å². The molecule has 31 heavy (non-hydrogen) atoms. The van der Waals surface area contributed by atoms with Gasteiger partial charge >= 0.3 is 5.97 Å². The van der Waals surface area contributed by atoms with E-state index in [1.807, 2.05) is 0 Å². The summed E-state index contributed by atoms with van der Waals surface area (Å²) in [7, 11) is -2.56. The summed E-state index contributed by atoms with van der Waals surface area (Å²) in [5.41, 5.74) is 0. The average molecular weight is 471 g/mol. The lowest BCUT2D eigenvalue weighted by Crippen LogP contribution is -2.49.